The van der Waals surface area contributed by atoms with Gasteiger partial charge in [0, 0.05) is 12.3 Å². The lowest BCUT2D eigenvalue weighted by atomic mass is 9.81. The summed E-state index contributed by atoms with van der Waals surface area (Å²) >= 11 is 1.66. The predicted octanol–water partition coefficient (Wildman–Crippen LogP) is 5.54. The zero-order chi connectivity index (χ0) is 17.2. The van der Waals surface area contributed by atoms with Gasteiger partial charge >= 0.3 is 5.97 Å². The molecule has 24 heavy (non-hydrogen) atoms. The Bertz CT molecular complexity index is 503. The Morgan fingerprint density at radius 2 is 2.08 bits per heavy atom. The van der Waals surface area contributed by atoms with Crippen molar-refractivity contribution in [1.82, 2.24) is 0 Å². The first kappa shape index (κ1) is 19.2. The molecular weight excluding hydrogens is 320 g/mol. The number of hydrogen-bond acceptors (Lipinski definition) is 4. The third kappa shape index (κ3) is 6.04. The van der Waals surface area contributed by atoms with Crippen molar-refractivity contribution in [1.29, 1.82) is 0 Å². The number of ether oxygens (including phenoxy) is 2. The molecule has 0 saturated heterocycles. The topological polar surface area (TPSA) is 35.5 Å². The molecule has 3 nitrogen and oxygen atoms in total. The van der Waals surface area contributed by atoms with E-state index in [1.54, 1.807) is 11.8 Å². The van der Waals surface area contributed by atoms with Crippen LogP contribution in [0.15, 0.2) is 24.3 Å². The summed E-state index contributed by atoms with van der Waals surface area (Å²) in [6.07, 6.45) is 10.1. The maximum Gasteiger partial charge on any atom is 0.306 e. The van der Waals surface area contributed by atoms with E-state index in [-0.39, 0.29) is 12.1 Å². The SMILES string of the molecule is CCCCCC(=O)O[C@@H]1CCCC[C@H]1c1cccc(OCSC)c1. The fraction of sp³-hybridized carbons (Fsp3) is 0.650. The molecule has 2 atom stereocenters. The molecule has 1 aliphatic carbocycles. The van der Waals surface area contributed by atoms with Gasteiger partial charge in [-0.2, -0.15) is 0 Å². The molecule has 0 amide bonds. The van der Waals surface area contributed by atoms with Crippen LogP contribution in [-0.2, 0) is 9.53 Å². The highest BCUT2D eigenvalue weighted by Crippen LogP contribution is 2.36. The van der Waals surface area contributed by atoms with Crippen LogP contribution in [0.5, 0.6) is 5.75 Å². The third-order valence-electron chi connectivity index (χ3n) is 4.60. The molecule has 2 rings (SSSR count). The van der Waals surface area contributed by atoms with E-state index in [0.717, 1.165) is 44.3 Å². The van der Waals surface area contributed by atoms with Crippen molar-refractivity contribution >= 4 is 17.7 Å². The van der Waals surface area contributed by atoms with Crippen molar-refractivity contribution in [3.05, 3.63) is 29.8 Å². The van der Waals surface area contributed by atoms with E-state index in [0.29, 0.717) is 18.3 Å². The standard InChI is InChI=1S/C20H30O3S/c1-3-4-5-13-20(21)23-19-12-7-6-11-18(19)16-9-8-10-17(14-16)22-15-24-2/h8-10,14,18-19H,3-7,11-13,15H2,1-2H3/t18-,19+/m0/s1. The Kier molecular flexibility index (Phi) is 8.51. The fourth-order valence-corrected chi connectivity index (χ4v) is 3.58. The first-order valence-electron chi connectivity index (χ1n) is 9.15. The van der Waals surface area contributed by atoms with E-state index in [4.69, 9.17) is 9.47 Å². The van der Waals surface area contributed by atoms with Gasteiger partial charge in [0.2, 0.25) is 0 Å². The van der Waals surface area contributed by atoms with E-state index >= 15 is 0 Å². The Balaban J connectivity index is 1.99. The number of carbonyl (C=O) groups is 1. The minimum absolute atomic E-state index is 0.0173. The molecule has 1 aromatic carbocycles. The van der Waals surface area contributed by atoms with Gasteiger partial charge in [0.15, 0.2) is 0 Å². The minimum Gasteiger partial charge on any atom is -0.483 e. The van der Waals surface area contributed by atoms with Crippen molar-refractivity contribution in [3.63, 3.8) is 0 Å². The highest BCUT2D eigenvalue weighted by molar-refractivity contribution is 7.98. The van der Waals surface area contributed by atoms with Crippen molar-refractivity contribution in [2.45, 2.75) is 70.3 Å². The van der Waals surface area contributed by atoms with E-state index < -0.39 is 0 Å². The number of carbonyl (C=O) groups excluding carboxylic acids is 1. The second kappa shape index (κ2) is 10.7. The second-order valence-corrected chi connectivity index (χ2v) is 7.31. The molecular formula is C20H30O3S. The first-order valence-corrected chi connectivity index (χ1v) is 10.5. The smallest absolute Gasteiger partial charge is 0.306 e. The second-order valence-electron chi connectivity index (χ2n) is 6.50. The van der Waals surface area contributed by atoms with E-state index in [1.807, 2.05) is 18.4 Å². The summed E-state index contributed by atoms with van der Waals surface area (Å²) in [5, 5.41) is 0. The molecule has 0 N–H and O–H groups in total. The van der Waals surface area contributed by atoms with Gasteiger partial charge in [-0.3, -0.25) is 4.79 Å². The molecule has 0 aliphatic heterocycles. The molecule has 4 heteroatoms. The summed E-state index contributed by atoms with van der Waals surface area (Å²) in [6.45, 7) is 2.15. The molecule has 1 aromatic rings. The third-order valence-corrected chi connectivity index (χ3v) is 4.95. The van der Waals surface area contributed by atoms with Crippen LogP contribution in [0.3, 0.4) is 0 Å². The molecule has 0 radical (unpaired) electrons. The average Bonchev–Trinajstić information content (AvgIpc) is 2.61. The quantitative estimate of drug-likeness (QED) is 0.333. The lowest BCUT2D eigenvalue weighted by Gasteiger charge is -2.31. The zero-order valence-corrected chi connectivity index (χ0v) is 15.8. The van der Waals surface area contributed by atoms with Gasteiger partial charge < -0.3 is 9.47 Å². The van der Waals surface area contributed by atoms with Gasteiger partial charge in [0.25, 0.3) is 0 Å². The van der Waals surface area contributed by atoms with E-state index in [2.05, 4.69) is 19.1 Å². The van der Waals surface area contributed by atoms with Gasteiger partial charge in [-0.15, -0.1) is 11.8 Å². The summed E-state index contributed by atoms with van der Waals surface area (Å²) in [6, 6.07) is 8.29. The van der Waals surface area contributed by atoms with Gasteiger partial charge in [-0.25, -0.2) is 0 Å². The summed E-state index contributed by atoms with van der Waals surface area (Å²) in [5.41, 5.74) is 1.24. The molecule has 0 spiro atoms. The normalized spacial score (nSPS) is 20.6. The molecule has 1 aliphatic rings. The van der Waals surface area contributed by atoms with Crippen LogP contribution in [0.1, 0.15) is 69.8 Å². The summed E-state index contributed by atoms with van der Waals surface area (Å²) in [7, 11) is 0. The van der Waals surface area contributed by atoms with Gasteiger partial charge in [-0.05, 0) is 49.6 Å². The van der Waals surface area contributed by atoms with Crippen LogP contribution >= 0.6 is 11.8 Å². The molecule has 0 unspecified atom stereocenters. The predicted molar refractivity (Wildman–Crippen MR) is 101 cm³/mol. The molecule has 0 bridgehead atoms. The number of unbranched alkanes of at least 4 members (excludes halogenated alkanes) is 2. The van der Waals surface area contributed by atoms with E-state index in [1.165, 1.54) is 12.0 Å². The van der Waals surface area contributed by atoms with Crippen LogP contribution < -0.4 is 4.74 Å². The highest BCUT2D eigenvalue weighted by Gasteiger charge is 2.29. The fourth-order valence-electron chi connectivity index (χ4n) is 3.33. The average molecular weight is 351 g/mol. The van der Waals surface area contributed by atoms with Crippen LogP contribution in [0, 0.1) is 0 Å². The number of esters is 1. The lowest BCUT2D eigenvalue weighted by Crippen LogP contribution is -2.28. The Morgan fingerprint density at radius 3 is 2.88 bits per heavy atom. The van der Waals surface area contributed by atoms with Crippen molar-refractivity contribution < 1.29 is 14.3 Å². The zero-order valence-electron chi connectivity index (χ0n) is 15.0. The van der Waals surface area contributed by atoms with Gasteiger partial charge in [0.1, 0.15) is 17.8 Å². The monoisotopic (exact) mass is 350 g/mol. The largest absolute Gasteiger partial charge is 0.483 e. The van der Waals surface area contributed by atoms with Gasteiger partial charge in [-0.1, -0.05) is 38.3 Å². The van der Waals surface area contributed by atoms with Gasteiger partial charge in [0.05, 0.1) is 0 Å². The summed E-state index contributed by atoms with van der Waals surface area (Å²) in [4.78, 5) is 12.1. The van der Waals surface area contributed by atoms with Crippen LogP contribution in [-0.4, -0.2) is 24.3 Å². The van der Waals surface area contributed by atoms with Crippen molar-refractivity contribution in [3.8, 4) is 5.75 Å². The van der Waals surface area contributed by atoms with Crippen molar-refractivity contribution in [2.24, 2.45) is 0 Å². The molecule has 1 saturated carbocycles. The summed E-state index contributed by atoms with van der Waals surface area (Å²) < 4.78 is 11.6. The number of thioether (sulfide) groups is 1. The number of rotatable bonds is 9. The number of hydrogen-bond donors (Lipinski definition) is 0. The molecule has 0 heterocycles. The maximum atomic E-state index is 12.1. The minimum atomic E-state index is -0.0323. The lowest BCUT2D eigenvalue weighted by molar-refractivity contribution is -0.151. The Hall–Kier alpha value is -1.16. The number of benzene rings is 1. The molecule has 0 aromatic heterocycles. The Morgan fingerprint density at radius 1 is 1.25 bits per heavy atom. The maximum absolute atomic E-state index is 12.1. The Labute approximate surface area is 150 Å². The van der Waals surface area contributed by atoms with Crippen LogP contribution in [0.25, 0.3) is 0 Å². The molecule has 134 valence electrons. The summed E-state index contributed by atoms with van der Waals surface area (Å²) in [5.74, 6) is 1.83. The van der Waals surface area contributed by atoms with Crippen LogP contribution in [0.4, 0.5) is 0 Å². The first-order chi connectivity index (χ1) is 11.7. The molecule has 1 fully saturated rings. The van der Waals surface area contributed by atoms with E-state index in [9.17, 15) is 4.79 Å². The van der Waals surface area contributed by atoms with Crippen molar-refractivity contribution in [2.75, 3.05) is 12.2 Å². The van der Waals surface area contributed by atoms with Crippen LogP contribution in [0.2, 0.25) is 0 Å². The highest BCUT2D eigenvalue weighted by atomic mass is 32.2.